The fourth-order valence-electron chi connectivity index (χ4n) is 2.66. The number of hydrogen-bond donors (Lipinski definition) is 1. The number of anilines is 2. The molecule has 0 unspecified atom stereocenters. The highest BCUT2D eigenvalue weighted by molar-refractivity contribution is 6.15. The van der Waals surface area contributed by atoms with Crippen LogP contribution in [0.2, 0.25) is 0 Å². The molecule has 0 spiro atoms. The fourth-order valence-corrected chi connectivity index (χ4v) is 2.66. The number of para-hydroxylation sites is 2. The van der Waals surface area contributed by atoms with Crippen LogP contribution in [-0.2, 0) is 23.9 Å². The van der Waals surface area contributed by atoms with Gasteiger partial charge in [0, 0.05) is 33.0 Å². The summed E-state index contributed by atoms with van der Waals surface area (Å²) in [7, 11) is 0. The summed E-state index contributed by atoms with van der Waals surface area (Å²) in [5.74, 6) is -2.72. The zero-order chi connectivity index (χ0) is 17.3. The number of nitrogens with zero attached hydrogens (tertiary/aromatic N) is 1. The Morgan fingerprint density at radius 1 is 1.12 bits per heavy atom. The van der Waals surface area contributed by atoms with Gasteiger partial charge in [-0.25, -0.2) is 9.59 Å². The third-order valence-corrected chi connectivity index (χ3v) is 3.76. The largest absolute Gasteiger partial charge is 0.419 e. The Hall–Kier alpha value is -2.83. The van der Waals surface area contributed by atoms with E-state index < -0.39 is 17.7 Å². The molecule has 0 radical (unpaired) electrons. The number of carbonyl (C=O) groups is 3. The minimum absolute atomic E-state index is 0.0511. The lowest BCUT2D eigenvalue weighted by Gasteiger charge is -2.29. The van der Waals surface area contributed by atoms with Gasteiger partial charge in [0.25, 0.3) is 5.79 Å². The molecule has 2 aliphatic heterocycles. The molecule has 0 atom stereocenters. The number of esters is 2. The number of amides is 1. The first-order chi connectivity index (χ1) is 11.4. The van der Waals surface area contributed by atoms with Crippen LogP contribution < -0.4 is 10.2 Å². The average molecular weight is 330 g/mol. The third kappa shape index (κ3) is 3.10. The van der Waals surface area contributed by atoms with E-state index in [4.69, 9.17) is 9.47 Å². The monoisotopic (exact) mass is 330 g/mol. The lowest BCUT2D eigenvalue weighted by molar-refractivity contribution is -0.222. The van der Waals surface area contributed by atoms with Crippen molar-refractivity contribution in [2.75, 3.05) is 16.8 Å². The standard InChI is InChI=1S/C17H18N2O5/c1-17(2)23-15(21)11(16(22)24-17)10-18-12-6-3-4-7-13(12)19-9-5-8-14(19)20/h3-4,6-7,10,18H,5,8-9H2,1-2H3. The number of rotatable bonds is 3. The van der Waals surface area contributed by atoms with E-state index >= 15 is 0 Å². The van der Waals surface area contributed by atoms with E-state index in [1.54, 1.807) is 17.0 Å². The molecule has 126 valence electrons. The molecule has 24 heavy (non-hydrogen) atoms. The zero-order valence-corrected chi connectivity index (χ0v) is 13.5. The number of benzene rings is 1. The van der Waals surface area contributed by atoms with Gasteiger partial charge >= 0.3 is 11.9 Å². The van der Waals surface area contributed by atoms with Crippen LogP contribution in [0, 0.1) is 0 Å². The van der Waals surface area contributed by atoms with Gasteiger partial charge in [-0.05, 0) is 18.6 Å². The molecule has 1 amide bonds. The van der Waals surface area contributed by atoms with Crippen LogP contribution in [0.3, 0.4) is 0 Å². The highest BCUT2D eigenvalue weighted by Gasteiger charge is 2.39. The molecular formula is C17H18N2O5. The quantitative estimate of drug-likeness (QED) is 0.518. The van der Waals surface area contributed by atoms with Crippen LogP contribution in [0.1, 0.15) is 26.7 Å². The normalized spacial score (nSPS) is 19.8. The van der Waals surface area contributed by atoms with E-state index in [2.05, 4.69) is 5.32 Å². The molecule has 2 fully saturated rings. The lowest BCUT2D eigenvalue weighted by atomic mass is 10.2. The van der Waals surface area contributed by atoms with Crippen molar-refractivity contribution in [3.8, 4) is 0 Å². The second-order valence-corrected chi connectivity index (χ2v) is 6.05. The average Bonchev–Trinajstić information content (AvgIpc) is 2.91. The fraction of sp³-hybridized carbons (Fsp3) is 0.353. The summed E-state index contributed by atoms with van der Waals surface area (Å²) in [6, 6.07) is 7.20. The molecule has 1 aromatic rings. The van der Waals surface area contributed by atoms with Gasteiger partial charge in [-0.15, -0.1) is 0 Å². The van der Waals surface area contributed by atoms with Crippen LogP contribution >= 0.6 is 0 Å². The van der Waals surface area contributed by atoms with Crippen molar-refractivity contribution in [3.63, 3.8) is 0 Å². The van der Waals surface area contributed by atoms with Crippen LogP contribution in [0.25, 0.3) is 0 Å². The molecule has 3 rings (SSSR count). The SMILES string of the molecule is CC1(C)OC(=O)C(=CNc2ccccc2N2CCCC2=O)C(=O)O1. The number of cyclic esters (lactones) is 2. The molecule has 7 heteroatoms. The Balaban J connectivity index is 1.83. The molecule has 0 saturated carbocycles. The second-order valence-electron chi connectivity index (χ2n) is 6.05. The molecule has 1 N–H and O–H groups in total. The molecule has 0 bridgehead atoms. The van der Waals surface area contributed by atoms with E-state index in [1.165, 1.54) is 20.0 Å². The van der Waals surface area contributed by atoms with Crippen LogP contribution in [0.15, 0.2) is 36.0 Å². The van der Waals surface area contributed by atoms with E-state index in [0.717, 1.165) is 6.42 Å². The topological polar surface area (TPSA) is 84.9 Å². The van der Waals surface area contributed by atoms with Gasteiger partial charge in [-0.3, -0.25) is 4.79 Å². The van der Waals surface area contributed by atoms with Crippen molar-refractivity contribution >= 4 is 29.2 Å². The molecule has 1 aromatic carbocycles. The van der Waals surface area contributed by atoms with Gasteiger partial charge in [-0.2, -0.15) is 0 Å². The Morgan fingerprint density at radius 3 is 2.42 bits per heavy atom. The van der Waals surface area contributed by atoms with Crippen LogP contribution in [0.5, 0.6) is 0 Å². The highest BCUT2D eigenvalue weighted by Crippen LogP contribution is 2.30. The summed E-state index contributed by atoms with van der Waals surface area (Å²) in [6.45, 7) is 3.62. The van der Waals surface area contributed by atoms with E-state index in [-0.39, 0.29) is 11.5 Å². The Kier molecular flexibility index (Phi) is 4.01. The van der Waals surface area contributed by atoms with Gasteiger partial charge in [0.05, 0.1) is 11.4 Å². The first-order valence-corrected chi connectivity index (χ1v) is 7.70. The summed E-state index contributed by atoms with van der Waals surface area (Å²) in [5.41, 5.74) is 1.09. The third-order valence-electron chi connectivity index (χ3n) is 3.76. The zero-order valence-electron chi connectivity index (χ0n) is 13.5. The summed E-state index contributed by atoms with van der Waals surface area (Å²) >= 11 is 0. The Morgan fingerprint density at radius 2 is 1.79 bits per heavy atom. The van der Waals surface area contributed by atoms with Gasteiger partial charge < -0.3 is 19.7 Å². The lowest BCUT2D eigenvalue weighted by Crippen LogP contribution is -2.42. The predicted octanol–water partition coefficient (Wildman–Crippen LogP) is 1.95. The van der Waals surface area contributed by atoms with Crippen molar-refractivity contribution < 1.29 is 23.9 Å². The maximum absolute atomic E-state index is 11.9. The summed E-state index contributed by atoms with van der Waals surface area (Å²) in [4.78, 5) is 37.5. The maximum atomic E-state index is 11.9. The van der Waals surface area contributed by atoms with Gasteiger partial charge in [-0.1, -0.05) is 12.1 Å². The molecular weight excluding hydrogens is 312 g/mol. The first-order valence-electron chi connectivity index (χ1n) is 7.70. The van der Waals surface area contributed by atoms with Crippen LogP contribution in [0.4, 0.5) is 11.4 Å². The summed E-state index contributed by atoms with van der Waals surface area (Å²) in [6.07, 6.45) is 2.57. The van der Waals surface area contributed by atoms with Crippen molar-refractivity contribution in [1.82, 2.24) is 0 Å². The number of hydrogen-bond acceptors (Lipinski definition) is 6. The molecule has 2 aliphatic rings. The molecule has 7 nitrogen and oxygen atoms in total. The molecule has 0 aromatic heterocycles. The number of ether oxygens (including phenoxy) is 2. The highest BCUT2D eigenvalue weighted by atomic mass is 16.7. The first kappa shape index (κ1) is 16.0. The van der Waals surface area contributed by atoms with Crippen molar-refractivity contribution in [3.05, 3.63) is 36.0 Å². The Labute approximate surface area is 139 Å². The van der Waals surface area contributed by atoms with Gasteiger partial charge in [0.1, 0.15) is 0 Å². The summed E-state index contributed by atoms with van der Waals surface area (Å²) < 4.78 is 10.1. The number of nitrogens with one attached hydrogen (secondary N) is 1. The molecule has 2 saturated heterocycles. The minimum Gasteiger partial charge on any atom is -0.419 e. The molecule has 0 aliphatic carbocycles. The molecule has 2 heterocycles. The predicted molar refractivity (Wildman–Crippen MR) is 86.0 cm³/mol. The van der Waals surface area contributed by atoms with E-state index in [1.807, 2.05) is 12.1 Å². The van der Waals surface area contributed by atoms with Crippen LogP contribution in [-0.4, -0.2) is 30.2 Å². The van der Waals surface area contributed by atoms with Gasteiger partial charge in [0.15, 0.2) is 5.57 Å². The minimum atomic E-state index is -1.27. The Bertz CT molecular complexity index is 716. The summed E-state index contributed by atoms with van der Waals surface area (Å²) in [5, 5.41) is 2.91. The van der Waals surface area contributed by atoms with Crippen molar-refractivity contribution in [1.29, 1.82) is 0 Å². The maximum Gasteiger partial charge on any atom is 0.350 e. The van der Waals surface area contributed by atoms with Crippen molar-refractivity contribution in [2.24, 2.45) is 0 Å². The van der Waals surface area contributed by atoms with Crippen molar-refractivity contribution in [2.45, 2.75) is 32.5 Å². The van der Waals surface area contributed by atoms with Gasteiger partial charge in [0.2, 0.25) is 5.91 Å². The van der Waals surface area contributed by atoms with E-state index in [9.17, 15) is 14.4 Å². The second kappa shape index (κ2) is 5.99. The smallest absolute Gasteiger partial charge is 0.350 e. The van der Waals surface area contributed by atoms with E-state index in [0.29, 0.717) is 24.3 Å². The number of carbonyl (C=O) groups excluding carboxylic acids is 3.